The largest absolute Gasteiger partial charge is 0.462 e. The van der Waals surface area contributed by atoms with E-state index in [1.807, 2.05) is 11.4 Å². The molecule has 4 nitrogen and oxygen atoms in total. The van der Waals surface area contributed by atoms with Gasteiger partial charge in [-0.15, -0.1) is 0 Å². The van der Waals surface area contributed by atoms with Crippen LogP contribution < -0.4 is 5.73 Å². The third kappa shape index (κ3) is 2.45. The molecular weight excluding hydrogens is 236 g/mol. The summed E-state index contributed by atoms with van der Waals surface area (Å²) in [4.78, 5) is 15.6. The summed E-state index contributed by atoms with van der Waals surface area (Å²) in [5.41, 5.74) is 7.91. The normalized spacial score (nSPS) is 10.2. The molecule has 0 aliphatic carbocycles. The smallest absolute Gasteiger partial charge is 0.339 e. The van der Waals surface area contributed by atoms with E-state index in [0.29, 0.717) is 18.0 Å². The minimum absolute atomic E-state index is 0.306. The molecule has 0 unspecified atom stereocenters. The predicted octanol–water partition coefficient (Wildman–Crippen LogP) is 2.57. The number of nitrogens with zero attached hydrogens (tertiary/aromatic N) is 1. The zero-order valence-electron chi connectivity index (χ0n) is 9.34. The average molecular weight is 248 g/mol. The number of ether oxygens (including phenoxy) is 1. The molecule has 0 bridgehead atoms. The number of nitrogen functional groups attached to an aromatic ring is 1. The topological polar surface area (TPSA) is 65.2 Å². The molecule has 17 heavy (non-hydrogen) atoms. The third-order valence-electron chi connectivity index (χ3n) is 2.25. The Kier molecular flexibility index (Phi) is 3.39. The van der Waals surface area contributed by atoms with Gasteiger partial charge in [0.05, 0.1) is 12.2 Å². The lowest BCUT2D eigenvalue weighted by molar-refractivity contribution is 0.0528. The molecule has 0 aliphatic rings. The lowest BCUT2D eigenvalue weighted by Gasteiger charge is -2.04. The molecule has 0 radical (unpaired) electrons. The molecule has 2 N–H and O–H groups in total. The van der Waals surface area contributed by atoms with Crippen molar-refractivity contribution in [1.82, 2.24) is 4.98 Å². The Morgan fingerprint density at radius 3 is 3.06 bits per heavy atom. The summed E-state index contributed by atoms with van der Waals surface area (Å²) in [6, 6.07) is 3.56. The minimum Gasteiger partial charge on any atom is -0.462 e. The fourth-order valence-electron chi connectivity index (χ4n) is 1.50. The zero-order valence-corrected chi connectivity index (χ0v) is 10.2. The van der Waals surface area contributed by atoms with Gasteiger partial charge in [0.1, 0.15) is 5.82 Å². The van der Waals surface area contributed by atoms with Crippen molar-refractivity contribution in [3.8, 4) is 11.1 Å². The van der Waals surface area contributed by atoms with Gasteiger partial charge < -0.3 is 10.5 Å². The van der Waals surface area contributed by atoms with Gasteiger partial charge in [0, 0.05) is 17.1 Å². The molecule has 0 amide bonds. The van der Waals surface area contributed by atoms with Gasteiger partial charge in [0.25, 0.3) is 0 Å². The number of anilines is 1. The van der Waals surface area contributed by atoms with Crippen molar-refractivity contribution in [3.63, 3.8) is 0 Å². The van der Waals surface area contributed by atoms with E-state index in [4.69, 9.17) is 10.5 Å². The van der Waals surface area contributed by atoms with Crippen LogP contribution in [0.2, 0.25) is 0 Å². The van der Waals surface area contributed by atoms with E-state index in [1.165, 1.54) is 11.3 Å². The Labute approximate surface area is 103 Å². The number of pyridine rings is 1. The molecule has 0 atom stereocenters. The number of esters is 1. The number of carbonyl (C=O) groups excluding carboxylic acids is 1. The summed E-state index contributed by atoms with van der Waals surface area (Å²) in [6.45, 7) is 2.15. The van der Waals surface area contributed by atoms with Crippen LogP contribution >= 0.6 is 11.3 Å². The number of aromatic nitrogens is 1. The Hall–Kier alpha value is -1.88. The van der Waals surface area contributed by atoms with E-state index in [0.717, 1.165) is 11.1 Å². The molecule has 2 aromatic heterocycles. The van der Waals surface area contributed by atoms with Gasteiger partial charge in [-0.3, -0.25) is 0 Å². The third-order valence-corrected chi connectivity index (χ3v) is 2.99. The highest BCUT2D eigenvalue weighted by Gasteiger charge is 2.15. The SMILES string of the molecule is CCOC(=O)c1cscc1-c1ccnc(N)c1. The summed E-state index contributed by atoms with van der Waals surface area (Å²) < 4.78 is 5.00. The molecule has 2 rings (SSSR count). The summed E-state index contributed by atoms with van der Waals surface area (Å²) in [5.74, 6) is 0.127. The molecule has 0 aromatic carbocycles. The van der Waals surface area contributed by atoms with Gasteiger partial charge in [-0.05, 0) is 30.0 Å². The van der Waals surface area contributed by atoms with E-state index in [9.17, 15) is 4.79 Å². The van der Waals surface area contributed by atoms with Crippen molar-refractivity contribution >= 4 is 23.1 Å². The van der Waals surface area contributed by atoms with Crippen LogP contribution in [0.1, 0.15) is 17.3 Å². The van der Waals surface area contributed by atoms with E-state index in [1.54, 1.807) is 24.6 Å². The van der Waals surface area contributed by atoms with Crippen LogP contribution in [0, 0.1) is 0 Å². The van der Waals surface area contributed by atoms with Gasteiger partial charge in [-0.1, -0.05) is 0 Å². The van der Waals surface area contributed by atoms with Crippen LogP contribution in [0.25, 0.3) is 11.1 Å². The van der Waals surface area contributed by atoms with Gasteiger partial charge in [0.15, 0.2) is 0 Å². The number of thiophene rings is 1. The van der Waals surface area contributed by atoms with Crippen LogP contribution in [0.4, 0.5) is 5.82 Å². The first-order chi connectivity index (χ1) is 8.22. The maximum atomic E-state index is 11.7. The Bertz CT molecular complexity index is 537. The highest BCUT2D eigenvalue weighted by molar-refractivity contribution is 7.08. The highest BCUT2D eigenvalue weighted by atomic mass is 32.1. The molecule has 0 saturated carbocycles. The number of nitrogens with two attached hydrogens (primary N) is 1. The molecule has 0 aliphatic heterocycles. The van der Waals surface area contributed by atoms with Crippen molar-refractivity contribution in [3.05, 3.63) is 34.7 Å². The number of hydrogen-bond donors (Lipinski definition) is 1. The Morgan fingerprint density at radius 1 is 1.53 bits per heavy atom. The van der Waals surface area contributed by atoms with Gasteiger partial charge in [-0.2, -0.15) is 11.3 Å². The second kappa shape index (κ2) is 4.97. The second-order valence-corrected chi connectivity index (χ2v) is 4.13. The first-order valence-corrected chi connectivity index (χ1v) is 6.12. The molecule has 2 heterocycles. The van der Waals surface area contributed by atoms with Gasteiger partial charge in [0.2, 0.25) is 0 Å². The lowest BCUT2D eigenvalue weighted by atomic mass is 10.1. The van der Waals surface area contributed by atoms with Gasteiger partial charge >= 0.3 is 5.97 Å². The Balaban J connectivity index is 2.40. The quantitative estimate of drug-likeness (QED) is 0.848. The first kappa shape index (κ1) is 11.6. The van der Waals surface area contributed by atoms with Crippen molar-refractivity contribution < 1.29 is 9.53 Å². The van der Waals surface area contributed by atoms with Crippen molar-refractivity contribution in [2.45, 2.75) is 6.92 Å². The molecule has 0 spiro atoms. The molecule has 88 valence electrons. The van der Waals surface area contributed by atoms with E-state index >= 15 is 0 Å². The standard InChI is InChI=1S/C12H12N2O2S/c1-2-16-12(15)10-7-17-6-9(10)8-3-4-14-11(13)5-8/h3-7H,2H2,1H3,(H2,13,14). The van der Waals surface area contributed by atoms with Crippen molar-refractivity contribution in [2.75, 3.05) is 12.3 Å². The van der Waals surface area contributed by atoms with Gasteiger partial charge in [-0.25, -0.2) is 9.78 Å². The van der Waals surface area contributed by atoms with Crippen molar-refractivity contribution in [2.24, 2.45) is 0 Å². The lowest BCUT2D eigenvalue weighted by Crippen LogP contribution is -2.04. The number of hydrogen-bond acceptors (Lipinski definition) is 5. The molecule has 2 aromatic rings. The predicted molar refractivity (Wildman–Crippen MR) is 67.9 cm³/mol. The fraction of sp³-hybridized carbons (Fsp3) is 0.167. The van der Waals surface area contributed by atoms with Crippen LogP contribution in [-0.2, 0) is 4.74 Å². The van der Waals surface area contributed by atoms with Crippen molar-refractivity contribution in [1.29, 1.82) is 0 Å². The Morgan fingerprint density at radius 2 is 2.35 bits per heavy atom. The fourth-order valence-corrected chi connectivity index (χ4v) is 2.33. The zero-order chi connectivity index (χ0) is 12.3. The minimum atomic E-state index is -0.306. The number of rotatable bonds is 3. The summed E-state index contributed by atoms with van der Waals surface area (Å²) in [5, 5.41) is 3.69. The average Bonchev–Trinajstić information content (AvgIpc) is 2.78. The summed E-state index contributed by atoms with van der Waals surface area (Å²) >= 11 is 1.46. The van der Waals surface area contributed by atoms with E-state index in [-0.39, 0.29) is 5.97 Å². The maximum absolute atomic E-state index is 11.7. The highest BCUT2D eigenvalue weighted by Crippen LogP contribution is 2.28. The molecular formula is C12H12N2O2S. The monoisotopic (exact) mass is 248 g/mol. The van der Waals surface area contributed by atoms with E-state index < -0.39 is 0 Å². The number of carbonyl (C=O) groups is 1. The molecule has 5 heteroatoms. The van der Waals surface area contributed by atoms with Crippen LogP contribution in [0.15, 0.2) is 29.1 Å². The van der Waals surface area contributed by atoms with Crippen LogP contribution in [-0.4, -0.2) is 17.6 Å². The van der Waals surface area contributed by atoms with E-state index in [2.05, 4.69) is 4.98 Å². The first-order valence-electron chi connectivity index (χ1n) is 5.17. The summed E-state index contributed by atoms with van der Waals surface area (Å²) in [6.07, 6.45) is 1.62. The summed E-state index contributed by atoms with van der Waals surface area (Å²) in [7, 11) is 0. The molecule has 0 saturated heterocycles. The van der Waals surface area contributed by atoms with Crippen LogP contribution in [0.5, 0.6) is 0 Å². The second-order valence-electron chi connectivity index (χ2n) is 3.39. The molecule has 0 fully saturated rings. The maximum Gasteiger partial charge on any atom is 0.339 e. The van der Waals surface area contributed by atoms with Crippen LogP contribution in [0.3, 0.4) is 0 Å².